The second kappa shape index (κ2) is 5.81. The fourth-order valence-electron chi connectivity index (χ4n) is 3.51. The molecule has 1 aromatic heterocycles. The Morgan fingerprint density at radius 1 is 1.33 bits per heavy atom. The van der Waals surface area contributed by atoms with Crippen molar-refractivity contribution in [3.63, 3.8) is 0 Å². The molecule has 0 aliphatic heterocycles. The van der Waals surface area contributed by atoms with Gasteiger partial charge in [-0.05, 0) is 43.9 Å². The summed E-state index contributed by atoms with van der Waals surface area (Å²) in [7, 11) is 2.17. The van der Waals surface area contributed by atoms with Crippen LogP contribution in [-0.4, -0.2) is 29.0 Å². The van der Waals surface area contributed by atoms with Gasteiger partial charge in [0.15, 0.2) is 0 Å². The van der Waals surface area contributed by atoms with Gasteiger partial charge in [-0.3, -0.25) is 9.88 Å². The highest BCUT2D eigenvalue weighted by Crippen LogP contribution is 2.31. The molecule has 2 N–H and O–H groups in total. The minimum Gasteiger partial charge on any atom is -0.326 e. The second-order valence-electron chi connectivity index (χ2n) is 5.94. The van der Waals surface area contributed by atoms with Crippen LogP contribution in [0, 0.1) is 11.8 Å². The first-order valence-corrected chi connectivity index (χ1v) is 6.93. The van der Waals surface area contributed by atoms with Gasteiger partial charge >= 0.3 is 0 Å². The molecular formula is C15H25N3. The molecule has 0 saturated heterocycles. The van der Waals surface area contributed by atoms with E-state index in [1.54, 1.807) is 0 Å². The summed E-state index contributed by atoms with van der Waals surface area (Å²) in [5, 5.41) is 0. The largest absolute Gasteiger partial charge is 0.326 e. The lowest BCUT2D eigenvalue weighted by atomic mass is 9.76. The van der Waals surface area contributed by atoms with Crippen molar-refractivity contribution in [1.29, 1.82) is 0 Å². The molecule has 0 bridgehead atoms. The van der Waals surface area contributed by atoms with E-state index in [2.05, 4.69) is 36.8 Å². The monoisotopic (exact) mass is 247 g/mol. The molecule has 4 unspecified atom stereocenters. The smallest absolute Gasteiger partial charge is 0.0543 e. The Morgan fingerprint density at radius 3 is 2.72 bits per heavy atom. The van der Waals surface area contributed by atoms with Crippen LogP contribution in [0.1, 0.15) is 32.4 Å². The van der Waals surface area contributed by atoms with Crippen LogP contribution < -0.4 is 5.73 Å². The molecule has 4 atom stereocenters. The predicted molar refractivity (Wildman–Crippen MR) is 75.0 cm³/mol. The molecule has 1 heterocycles. The third kappa shape index (κ3) is 3.09. The Balaban J connectivity index is 2.01. The maximum Gasteiger partial charge on any atom is 0.0543 e. The first-order chi connectivity index (χ1) is 8.58. The number of likely N-dealkylation sites (N-methyl/N-ethyl adjacent to an activating group) is 1. The molecule has 1 aliphatic carbocycles. The quantitative estimate of drug-likeness (QED) is 0.891. The SMILES string of the molecule is CC1CC(C)C(N(C)Cc2ccccn2)C(N)C1. The summed E-state index contributed by atoms with van der Waals surface area (Å²) in [5.41, 5.74) is 7.48. The molecule has 100 valence electrons. The number of aromatic nitrogens is 1. The van der Waals surface area contributed by atoms with Crippen molar-refractivity contribution >= 4 is 0 Å². The summed E-state index contributed by atoms with van der Waals surface area (Å²) in [6, 6.07) is 6.85. The molecule has 3 nitrogen and oxygen atoms in total. The van der Waals surface area contributed by atoms with Crippen molar-refractivity contribution in [3.05, 3.63) is 30.1 Å². The van der Waals surface area contributed by atoms with E-state index in [9.17, 15) is 0 Å². The van der Waals surface area contributed by atoms with Gasteiger partial charge in [-0.25, -0.2) is 0 Å². The molecule has 2 rings (SSSR count). The van der Waals surface area contributed by atoms with Gasteiger partial charge in [-0.15, -0.1) is 0 Å². The number of rotatable bonds is 3. The van der Waals surface area contributed by atoms with Gasteiger partial charge < -0.3 is 5.73 Å². The standard InChI is InChI=1S/C15H25N3/c1-11-8-12(2)15(14(16)9-11)18(3)10-13-6-4-5-7-17-13/h4-7,11-12,14-15H,8-10,16H2,1-3H3. The van der Waals surface area contributed by atoms with E-state index < -0.39 is 0 Å². The van der Waals surface area contributed by atoms with Gasteiger partial charge in [-0.2, -0.15) is 0 Å². The van der Waals surface area contributed by atoms with Crippen molar-refractivity contribution in [2.75, 3.05) is 7.05 Å². The van der Waals surface area contributed by atoms with Crippen LogP contribution in [0.4, 0.5) is 0 Å². The number of hydrogen-bond donors (Lipinski definition) is 1. The zero-order valence-electron chi connectivity index (χ0n) is 11.7. The van der Waals surface area contributed by atoms with Gasteiger partial charge in [0.25, 0.3) is 0 Å². The number of nitrogens with zero attached hydrogens (tertiary/aromatic N) is 2. The molecule has 0 spiro atoms. The molecule has 1 saturated carbocycles. The Labute approximate surface area is 110 Å². The van der Waals surface area contributed by atoms with E-state index in [0.29, 0.717) is 12.0 Å². The predicted octanol–water partition coefficient (Wildman–Crippen LogP) is 2.28. The summed E-state index contributed by atoms with van der Waals surface area (Å²) in [5.74, 6) is 1.42. The molecule has 0 radical (unpaired) electrons. The number of hydrogen-bond acceptors (Lipinski definition) is 3. The summed E-state index contributed by atoms with van der Waals surface area (Å²) in [6.45, 7) is 5.53. The lowest BCUT2D eigenvalue weighted by Crippen LogP contribution is -2.53. The minimum absolute atomic E-state index is 0.289. The highest BCUT2D eigenvalue weighted by Gasteiger charge is 2.34. The van der Waals surface area contributed by atoms with Gasteiger partial charge in [0.2, 0.25) is 0 Å². The van der Waals surface area contributed by atoms with Crippen LogP contribution in [0.5, 0.6) is 0 Å². The zero-order chi connectivity index (χ0) is 13.1. The van der Waals surface area contributed by atoms with E-state index in [1.165, 1.54) is 6.42 Å². The number of pyridine rings is 1. The van der Waals surface area contributed by atoms with E-state index in [4.69, 9.17) is 5.73 Å². The summed E-state index contributed by atoms with van der Waals surface area (Å²) >= 11 is 0. The summed E-state index contributed by atoms with van der Waals surface area (Å²) < 4.78 is 0. The van der Waals surface area contributed by atoms with Gasteiger partial charge in [-0.1, -0.05) is 19.9 Å². The van der Waals surface area contributed by atoms with Crippen molar-refractivity contribution in [2.24, 2.45) is 17.6 Å². The topological polar surface area (TPSA) is 42.2 Å². The van der Waals surface area contributed by atoms with Crippen LogP contribution in [-0.2, 0) is 6.54 Å². The molecule has 1 aliphatic rings. The Bertz CT molecular complexity index is 353. The van der Waals surface area contributed by atoms with Crippen molar-refractivity contribution in [3.8, 4) is 0 Å². The minimum atomic E-state index is 0.289. The first-order valence-electron chi connectivity index (χ1n) is 6.93. The van der Waals surface area contributed by atoms with E-state index in [-0.39, 0.29) is 6.04 Å². The van der Waals surface area contributed by atoms with Gasteiger partial charge in [0, 0.05) is 24.8 Å². The van der Waals surface area contributed by atoms with Crippen molar-refractivity contribution in [1.82, 2.24) is 9.88 Å². The van der Waals surface area contributed by atoms with E-state index >= 15 is 0 Å². The first kappa shape index (κ1) is 13.5. The van der Waals surface area contributed by atoms with Gasteiger partial charge in [0.05, 0.1) is 5.69 Å². The zero-order valence-corrected chi connectivity index (χ0v) is 11.7. The van der Waals surface area contributed by atoms with E-state index in [1.807, 2.05) is 18.3 Å². The Hall–Kier alpha value is -0.930. The maximum atomic E-state index is 6.35. The molecule has 1 fully saturated rings. The van der Waals surface area contributed by atoms with Crippen LogP contribution in [0.25, 0.3) is 0 Å². The summed E-state index contributed by atoms with van der Waals surface area (Å²) in [4.78, 5) is 6.77. The second-order valence-corrected chi connectivity index (χ2v) is 5.94. The average Bonchev–Trinajstić information content (AvgIpc) is 2.28. The Morgan fingerprint density at radius 2 is 2.11 bits per heavy atom. The highest BCUT2D eigenvalue weighted by molar-refractivity contribution is 5.04. The van der Waals surface area contributed by atoms with Crippen LogP contribution in [0.3, 0.4) is 0 Å². The highest BCUT2D eigenvalue weighted by atomic mass is 15.2. The molecular weight excluding hydrogens is 222 g/mol. The fourth-order valence-corrected chi connectivity index (χ4v) is 3.51. The normalized spacial score (nSPS) is 32.7. The molecule has 18 heavy (non-hydrogen) atoms. The molecule has 0 aromatic carbocycles. The lowest BCUT2D eigenvalue weighted by Gasteiger charge is -2.42. The molecule has 3 heteroatoms. The van der Waals surface area contributed by atoms with Crippen LogP contribution >= 0.6 is 0 Å². The third-order valence-corrected chi connectivity index (χ3v) is 4.12. The van der Waals surface area contributed by atoms with E-state index in [0.717, 1.165) is 24.6 Å². The van der Waals surface area contributed by atoms with Crippen LogP contribution in [0.2, 0.25) is 0 Å². The maximum absolute atomic E-state index is 6.35. The molecule has 1 aromatic rings. The van der Waals surface area contributed by atoms with Crippen molar-refractivity contribution in [2.45, 2.75) is 45.3 Å². The number of nitrogens with two attached hydrogens (primary N) is 1. The molecule has 0 amide bonds. The fraction of sp³-hybridized carbons (Fsp3) is 0.667. The third-order valence-electron chi connectivity index (χ3n) is 4.12. The van der Waals surface area contributed by atoms with Crippen molar-refractivity contribution < 1.29 is 0 Å². The Kier molecular flexibility index (Phi) is 4.36. The van der Waals surface area contributed by atoms with Crippen LogP contribution in [0.15, 0.2) is 24.4 Å². The lowest BCUT2D eigenvalue weighted by molar-refractivity contribution is 0.0902. The average molecular weight is 247 g/mol. The summed E-state index contributed by atoms with van der Waals surface area (Å²) in [6.07, 6.45) is 4.28. The van der Waals surface area contributed by atoms with Gasteiger partial charge in [0.1, 0.15) is 0 Å².